The highest BCUT2D eigenvalue weighted by Gasteiger charge is 2.11. The molecule has 2 N–H and O–H groups in total. The van der Waals surface area contributed by atoms with E-state index in [2.05, 4.69) is 16.3 Å². The van der Waals surface area contributed by atoms with Gasteiger partial charge in [0.1, 0.15) is 34.8 Å². The van der Waals surface area contributed by atoms with E-state index in [0.29, 0.717) is 61.1 Å². The van der Waals surface area contributed by atoms with Gasteiger partial charge in [-0.3, -0.25) is 0 Å². The third-order valence-electron chi connectivity index (χ3n) is 4.73. The smallest absolute Gasteiger partial charge is 0.143 e. The summed E-state index contributed by atoms with van der Waals surface area (Å²) in [7, 11) is 0. The summed E-state index contributed by atoms with van der Waals surface area (Å²) in [5.74, 6) is 0.718. The van der Waals surface area contributed by atoms with Gasteiger partial charge in [-0.25, -0.2) is 0 Å². The van der Waals surface area contributed by atoms with Crippen molar-refractivity contribution in [3.8, 4) is 23.3 Å². The van der Waals surface area contributed by atoms with E-state index in [-0.39, 0.29) is 12.4 Å². The molecule has 4 rings (SSSR count). The van der Waals surface area contributed by atoms with Gasteiger partial charge < -0.3 is 24.4 Å². The van der Waals surface area contributed by atoms with Gasteiger partial charge in [0.25, 0.3) is 0 Å². The Morgan fingerprint density at radius 3 is 2.44 bits per heavy atom. The fourth-order valence-electron chi connectivity index (χ4n) is 3.20. The molecular formula is C23H22N4O5. The van der Waals surface area contributed by atoms with Crippen LogP contribution in [0, 0.1) is 11.3 Å². The Kier molecular flexibility index (Phi) is 6.77. The topological polar surface area (TPSA) is 123 Å². The van der Waals surface area contributed by atoms with Crippen LogP contribution in [-0.2, 0) is 9.47 Å². The van der Waals surface area contributed by atoms with Crippen LogP contribution in [0.5, 0.6) is 11.5 Å². The molecule has 0 saturated heterocycles. The average molecular weight is 434 g/mol. The molecule has 9 nitrogen and oxygen atoms in total. The van der Waals surface area contributed by atoms with Gasteiger partial charge in [-0.15, -0.1) is 15.0 Å². The Morgan fingerprint density at radius 1 is 0.844 bits per heavy atom. The number of fused-ring (bicyclic) bond motifs is 2. The molecule has 0 saturated carbocycles. The zero-order chi connectivity index (χ0) is 22.3. The van der Waals surface area contributed by atoms with Crippen LogP contribution in [0.1, 0.15) is 5.56 Å². The number of aromatic nitrogens is 3. The maximum absolute atomic E-state index is 10.5. The van der Waals surface area contributed by atoms with Gasteiger partial charge in [0.15, 0.2) is 0 Å². The minimum absolute atomic E-state index is 0.000426. The van der Waals surface area contributed by atoms with Crippen molar-refractivity contribution in [2.75, 3.05) is 39.6 Å². The number of rotatable bonds is 10. The first-order valence-electron chi connectivity index (χ1n) is 10.1. The predicted octanol–water partition coefficient (Wildman–Crippen LogP) is 2.56. The standard InChI is InChI=1S/C23H22N4O5/c24-15-16-1-4-20-21(11-16)26-27(25-20)22-13-18-12-19(3-2-17(18)14-23(22)29)32-10-9-31-8-7-30-6-5-28/h1-4,11-14,28-29H,5-10H2. The number of nitriles is 1. The molecule has 9 heteroatoms. The summed E-state index contributed by atoms with van der Waals surface area (Å²) in [4.78, 5) is 1.36. The molecule has 0 spiro atoms. The maximum atomic E-state index is 10.5. The van der Waals surface area contributed by atoms with Crippen molar-refractivity contribution in [2.24, 2.45) is 0 Å². The molecule has 32 heavy (non-hydrogen) atoms. The summed E-state index contributed by atoms with van der Waals surface area (Å²) in [6, 6.07) is 16.1. The van der Waals surface area contributed by atoms with E-state index < -0.39 is 0 Å². The molecular weight excluding hydrogens is 412 g/mol. The van der Waals surface area contributed by atoms with Crippen LogP contribution in [0.25, 0.3) is 27.5 Å². The van der Waals surface area contributed by atoms with Crippen LogP contribution in [0.4, 0.5) is 0 Å². The molecule has 0 fully saturated rings. The van der Waals surface area contributed by atoms with Crippen LogP contribution < -0.4 is 4.74 Å². The van der Waals surface area contributed by atoms with Crippen LogP contribution in [0.2, 0.25) is 0 Å². The average Bonchev–Trinajstić information content (AvgIpc) is 3.23. The quantitative estimate of drug-likeness (QED) is 0.365. The number of hydrogen-bond donors (Lipinski definition) is 2. The third kappa shape index (κ3) is 4.95. The summed E-state index contributed by atoms with van der Waals surface area (Å²) in [6.45, 7) is 1.96. The molecule has 0 unspecified atom stereocenters. The van der Waals surface area contributed by atoms with Crippen molar-refractivity contribution < 1.29 is 24.4 Å². The molecule has 3 aromatic carbocycles. The number of benzene rings is 3. The summed E-state index contributed by atoms with van der Waals surface area (Å²) >= 11 is 0. The summed E-state index contributed by atoms with van der Waals surface area (Å²) in [5.41, 5.74) is 2.12. The SMILES string of the molecule is N#Cc1ccc2nn(-c3cc4cc(OCCOCCOCCO)ccc4cc3O)nc2c1. The van der Waals surface area contributed by atoms with Crippen molar-refractivity contribution in [2.45, 2.75) is 0 Å². The van der Waals surface area contributed by atoms with Gasteiger partial charge >= 0.3 is 0 Å². The van der Waals surface area contributed by atoms with Gasteiger partial charge in [0.05, 0.1) is 44.7 Å². The number of nitrogens with zero attached hydrogens (tertiary/aromatic N) is 4. The van der Waals surface area contributed by atoms with Crippen molar-refractivity contribution in [1.29, 1.82) is 5.26 Å². The van der Waals surface area contributed by atoms with E-state index >= 15 is 0 Å². The van der Waals surface area contributed by atoms with E-state index in [4.69, 9.17) is 24.6 Å². The predicted molar refractivity (Wildman–Crippen MR) is 117 cm³/mol. The number of ether oxygens (including phenoxy) is 3. The van der Waals surface area contributed by atoms with Crippen molar-refractivity contribution in [3.05, 3.63) is 54.1 Å². The van der Waals surface area contributed by atoms with E-state index in [1.165, 1.54) is 4.80 Å². The second-order valence-electron chi connectivity index (χ2n) is 6.95. The number of aliphatic hydroxyl groups is 1. The highest BCUT2D eigenvalue weighted by atomic mass is 16.5. The van der Waals surface area contributed by atoms with Gasteiger partial charge in [0, 0.05) is 0 Å². The number of phenolic OH excluding ortho intramolecular Hbond substituents is 1. The molecule has 0 bridgehead atoms. The van der Waals surface area contributed by atoms with Crippen LogP contribution >= 0.6 is 0 Å². The second kappa shape index (κ2) is 10.1. The lowest BCUT2D eigenvalue weighted by Gasteiger charge is -2.10. The highest BCUT2D eigenvalue weighted by molar-refractivity contribution is 5.88. The first-order chi connectivity index (χ1) is 15.7. The van der Waals surface area contributed by atoms with Crippen molar-refractivity contribution in [3.63, 3.8) is 0 Å². The van der Waals surface area contributed by atoms with E-state index in [1.54, 1.807) is 30.3 Å². The molecule has 0 atom stereocenters. The van der Waals surface area contributed by atoms with Crippen LogP contribution in [0.3, 0.4) is 0 Å². The van der Waals surface area contributed by atoms with Gasteiger partial charge in [-0.05, 0) is 53.2 Å². The third-order valence-corrected chi connectivity index (χ3v) is 4.73. The number of phenols is 1. The second-order valence-corrected chi connectivity index (χ2v) is 6.95. The van der Waals surface area contributed by atoms with Crippen molar-refractivity contribution in [1.82, 2.24) is 15.0 Å². The normalized spacial score (nSPS) is 11.1. The van der Waals surface area contributed by atoms with Gasteiger partial charge in [-0.1, -0.05) is 6.07 Å². The minimum atomic E-state index is -0.000426. The Bertz CT molecular complexity index is 1260. The molecule has 1 heterocycles. The summed E-state index contributed by atoms with van der Waals surface area (Å²) in [5, 5.41) is 38.7. The molecule has 0 aliphatic rings. The monoisotopic (exact) mass is 434 g/mol. The van der Waals surface area contributed by atoms with Crippen molar-refractivity contribution >= 4 is 21.8 Å². The fourth-order valence-corrected chi connectivity index (χ4v) is 3.20. The molecule has 0 amide bonds. The zero-order valence-electron chi connectivity index (χ0n) is 17.3. The number of aliphatic hydroxyl groups excluding tert-OH is 1. The van der Waals surface area contributed by atoms with E-state index in [1.807, 2.05) is 18.2 Å². The summed E-state index contributed by atoms with van der Waals surface area (Å²) < 4.78 is 16.3. The Labute approximate surface area is 184 Å². The molecule has 0 aliphatic heterocycles. The van der Waals surface area contributed by atoms with E-state index in [0.717, 1.165) is 10.8 Å². The molecule has 0 radical (unpaired) electrons. The molecule has 164 valence electrons. The van der Waals surface area contributed by atoms with Crippen LogP contribution in [-0.4, -0.2) is 64.8 Å². The van der Waals surface area contributed by atoms with E-state index in [9.17, 15) is 5.11 Å². The maximum Gasteiger partial charge on any atom is 0.143 e. The lowest BCUT2D eigenvalue weighted by Crippen LogP contribution is -2.11. The number of aromatic hydroxyl groups is 1. The minimum Gasteiger partial charge on any atom is -0.506 e. The first-order valence-corrected chi connectivity index (χ1v) is 10.1. The number of hydrogen-bond acceptors (Lipinski definition) is 8. The summed E-state index contributed by atoms with van der Waals surface area (Å²) in [6.07, 6.45) is 0. The Hall–Kier alpha value is -3.71. The Morgan fingerprint density at radius 2 is 1.62 bits per heavy atom. The highest BCUT2D eigenvalue weighted by Crippen LogP contribution is 2.30. The van der Waals surface area contributed by atoms with Gasteiger partial charge in [-0.2, -0.15) is 5.26 Å². The Balaban J connectivity index is 1.47. The molecule has 4 aromatic rings. The zero-order valence-corrected chi connectivity index (χ0v) is 17.3. The molecule has 0 aliphatic carbocycles. The molecule has 1 aromatic heterocycles. The van der Waals surface area contributed by atoms with Crippen LogP contribution in [0.15, 0.2) is 48.5 Å². The lowest BCUT2D eigenvalue weighted by molar-refractivity contribution is 0.0247. The lowest BCUT2D eigenvalue weighted by atomic mass is 10.1. The largest absolute Gasteiger partial charge is 0.506 e. The first kappa shape index (κ1) is 21.5. The fraction of sp³-hybridized carbons (Fsp3) is 0.261. The van der Waals surface area contributed by atoms with Gasteiger partial charge in [0.2, 0.25) is 0 Å².